The number of hydrogen-bond acceptors (Lipinski definition) is 10. The zero-order valence-corrected chi connectivity index (χ0v) is 46.9. The Bertz CT molecular complexity index is 1180. The highest BCUT2D eigenvalue weighted by Gasteiger charge is 2.44. The van der Waals surface area contributed by atoms with Gasteiger partial charge in [0, 0.05) is 0 Å². The molecular weight excluding hydrogens is 907 g/mol. The molecule has 0 spiro atoms. The van der Waals surface area contributed by atoms with Crippen LogP contribution in [0.4, 0.5) is 0 Å². The van der Waals surface area contributed by atoms with E-state index >= 15 is 0 Å². The monoisotopic (exact) mass is 1030 g/mol. The van der Waals surface area contributed by atoms with Crippen molar-refractivity contribution < 1.29 is 50.0 Å². The summed E-state index contributed by atoms with van der Waals surface area (Å²) in [5, 5.41) is 75.8. The van der Waals surface area contributed by atoms with Gasteiger partial charge in [-0.3, -0.25) is 4.79 Å². The molecule has 1 aliphatic rings. The van der Waals surface area contributed by atoms with E-state index in [0.29, 0.717) is 19.3 Å². The van der Waals surface area contributed by atoms with Gasteiger partial charge in [0.05, 0.1) is 25.4 Å². The molecule has 0 radical (unpaired) electrons. The first-order valence-corrected chi connectivity index (χ1v) is 31.1. The van der Waals surface area contributed by atoms with Crippen LogP contribution in [-0.2, 0) is 14.3 Å². The summed E-state index contributed by atoms with van der Waals surface area (Å²) in [7, 11) is 0. The Hall–Kier alpha value is -1.15. The number of carbonyl (C=O) groups excluding carboxylic acids is 1. The SMILES string of the molecule is CCCCCCCCCCCCCCCCCC/C=C\CCCCCCCCCCCCCCCCCCC(O)C(=O)NC(COC1OC(CO)C(O)C(O)C1O)C(O)C(O)CCCCCCCCCCC. The molecule has 0 saturated carbocycles. The molecule has 1 fully saturated rings. The second kappa shape index (κ2) is 50.7. The Balaban J connectivity index is 2.08. The third kappa shape index (κ3) is 38.4. The first-order chi connectivity index (χ1) is 35.2. The molecule has 8 N–H and O–H groups in total. The zero-order valence-electron chi connectivity index (χ0n) is 46.9. The zero-order chi connectivity index (χ0) is 52.5. The largest absolute Gasteiger partial charge is 0.394 e. The van der Waals surface area contributed by atoms with E-state index in [1.165, 1.54) is 225 Å². The predicted molar refractivity (Wildman–Crippen MR) is 298 cm³/mol. The van der Waals surface area contributed by atoms with Crippen molar-refractivity contribution in [1.82, 2.24) is 5.32 Å². The molecule has 9 unspecified atom stereocenters. The number of aliphatic hydroxyl groups is 7. The van der Waals surface area contributed by atoms with E-state index in [4.69, 9.17) is 9.47 Å². The van der Waals surface area contributed by atoms with Gasteiger partial charge in [-0.15, -0.1) is 0 Å². The molecule has 428 valence electrons. The molecule has 1 saturated heterocycles. The summed E-state index contributed by atoms with van der Waals surface area (Å²) in [6.45, 7) is 3.44. The van der Waals surface area contributed by atoms with Crippen LogP contribution in [0.1, 0.15) is 303 Å². The molecule has 11 heteroatoms. The number of allylic oxidation sites excluding steroid dienone is 2. The highest BCUT2D eigenvalue weighted by atomic mass is 16.7. The van der Waals surface area contributed by atoms with Gasteiger partial charge in [-0.2, -0.15) is 0 Å². The molecule has 9 atom stereocenters. The molecule has 0 aliphatic carbocycles. The molecule has 0 aromatic carbocycles. The van der Waals surface area contributed by atoms with Crippen LogP contribution >= 0.6 is 0 Å². The smallest absolute Gasteiger partial charge is 0.249 e. The Kier molecular flexibility index (Phi) is 48.4. The molecule has 72 heavy (non-hydrogen) atoms. The average molecular weight is 1030 g/mol. The number of nitrogens with one attached hydrogen (secondary N) is 1. The fourth-order valence-electron chi connectivity index (χ4n) is 10.3. The van der Waals surface area contributed by atoms with E-state index < -0.39 is 74.2 Å². The number of rotatable bonds is 54. The van der Waals surface area contributed by atoms with E-state index in [-0.39, 0.29) is 6.42 Å². The highest BCUT2D eigenvalue weighted by molar-refractivity contribution is 5.80. The lowest BCUT2D eigenvalue weighted by molar-refractivity contribution is -0.303. The van der Waals surface area contributed by atoms with Gasteiger partial charge in [0.15, 0.2) is 6.29 Å². The third-order valence-corrected chi connectivity index (χ3v) is 15.3. The van der Waals surface area contributed by atoms with Gasteiger partial charge in [0.25, 0.3) is 0 Å². The lowest BCUT2D eigenvalue weighted by Gasteiger charge is -2.40. The van der Waals surface area contributed by atoms with Crippen LogP contribution in [0.25, 0.3) is 0 Å². The number of aliphatic hydroxyl groups excluding tert-OH is 7. The average Bonchev–Trinajstić information content (AvgIpc) is 3.38. The molecule has 0 bridgehead atoms. The molecule has 1 aliphatic heterocycles. The van der Waals surface area contributed by atoms with Gasteiger partial charge in [0.1, 0.15) is 36.6 Å². The molecule has 0 aromatic heterocycles. The summed E-state index contributed by atoms with van der Waals surface area (Å²) in [5.74, 6) is -0.694. The lowest BCUT2D eigenvalue weighted by atomic mass is 9.98. The van der Waals surface area contributed by atoms with Crippen LogP contribution in [-0.4, -0.2) is 110 Å². The Morgan fingerprint density at radius 3 is 1.17 bits per heavy atom. The van der Waals surface area contributed by atoms with Gasteiger partial charge in [-0.1, -0.05) is 276 Å². The Morgan fingerprint density at radius 2 is 0.806 bits per heavy atom. The molecule has 1 rings (SSSR count). The van der Waals surface area contributed by atoms with Gasteiger partial charge in [0.2, 0.25) is 5.91 Å². The Morgan fingerprint density at radius 1 is 0.472 bits per heavy atom. The minimum absolute atomic E-state index is 0.264. The van der Waals surface area contributed by atoms with E-state index in [2.05, 4.69) is 31.3 Å². The number of amides is 1. The summed E-state index contributed by atoms with van der Waals surface area (Å²) >= 11 is 0. The second-order valence-corrected chi connectivity index (χ2v) is 22.1. The summed E-state index contributed by atoms with van der Waals surface area (Å²) in [5.41, 5.74) is 0. The highest BCUT2D eigenvalue weighted by Crippen LogP contribution is 2.24. The van der Waals surface area contributed by atoms with Gasteiger partial charge >= 0.3 is 0 Å². The minimum atomic E-state index is -1.66. The fourth-order valence-corrected chi connectivity index (χ4v) is 10.3. The molecule has 1 amide bonds. The van der Waals surface area contributed by atoms with Gasteiger partial charge in [-0.25, -0.2) is 0 Å². The fraction of sp³-hybridized carbons (Fsp3) is 0.951. The summed E-state index contributed by atoms with van der Waals surface area (Å²) in [6, 6.07) is -1.16. The number of carbonyl (C=O) groups is 1. The molecule has 0 aromatic rings. The van der Waals surface area contributed by atoms with Gasteiger partial charge < -0.3 is 50.5 Å². The maximum Gasteiger partial charge on any atom is 0.249 e. The van der Waals surface area contributed by atoms with Crippen molar-refractivity contribution in [3.8, 4) is 0 Å². The third-order valence-electron chi connectivity index (χ3n) is 15.3. The predicted octanol–water partition coefficient (Wildman–Crippen LogP) is 13.5. The van der Waals surface area contributed by atoms with Crippen molar-refractivity contribution in [2.24, 2.45) is 0 Å². The molecule has 11 nitrogen and oxygen atoms in total. The van der Waals surface area contributed by atoms with Crippen LogP contribution in [0, 0.1) is 0 Å². The van der Waals surface area contributed by atoms with Crippen LogP contribution in [0.3, 0.4) is 0 Å². The van der Waals surface area contributed by atoms with Crippen molar-refractivity contribution in [2.45, 2.75) is 358 Å². The number of unbranched alkanes of at least 4 members (excludes halogenated alkanes) is 40. The van der Waals surface area contributed by atoms with Crippen LogP contribution in [0.15, 0.2) is 12.2 Å². The maximum atomic E-state index is 13.1. The van der Waals surface area contributed by atoms with Crippen molar-refractivity contribution in [3.05, 3.63) is 12.2 Å². The second-order valence-electron chi connectivity index (χ2n) is 22.1. The van der Waals surface area contributed by atoms with E-state index in [1.807, 2.05) is 0 Å². The van der Waals surface area contributed by atoms with E-state index in [9.17, 15) is 40.5 Å². The normalized spacial score (nSPS) is 20.0. The van der Waals surface area contributed by atoms with Crippen molar-refractivity contribution in [3.63, 3.8) is 0 Å². The first kappa shape index (κ1) is 68.9. The van der Waals surface area contributed by atoms with Crippen LogP contribution in [0.2, 0.25) is 0 Å². The Labute approximate surface area is 442 Å². The van der Waals surface area contributed by atoms with Gasteiger partial charge in [-0.05, 0) is 38.5 Å². The number of hydrogen-bond donors (Lipinski definition) is 8. The summed E-state index contributed by atoms with van der Waals surface area (Å²) in [6.07, 6.45) is 49.0. The molecule has 1 heterocycles. The van der Waals surface area contributed by atoms with E-state index in [1.54, 1.807) is 0 Å². The minimum Gasteiger partial charge on any atom is -0.394 e. The lowest BCUT2D eigenvalue weighted by Crippen LogP contribution is -2.60. The summed E-state index contributed by atoms with van der Waals surface area (Å²) in [4.78, 5) is 13.1. The van der Waals surface area contributed by atoms with Crippen molar-refractivity contribution in [1.29, 1.82) is 0 Å². The molecular formula is C61H119NO10. The van der Waals surface area contributed by atoms with E-state index in [0.717, 1.165) is 38.5 Å². The topological polar surface area (TPSA) is 189 Å². The van der Waals surface area contributed by atoms with Crippen LogP contribution in [0.5, 0.6) is 0 Å². The standard InChI is InChI=1S/C61H119NO10/c1-3-5-7-9-11-13-14-15-16-17-18-19-20-21-22-23-24-25-26-27-28-29-30-31-32-33-34-35-36-37-38-39-41-43-45-47-49-54(65)60(70)62-52(51-71-61-59(69)58(68)57(67)55(50-63)72-61)56(66)53(64)48-46-44-42-40-12-10-8-6-4-2/h25-26,52-59,61,63-69H,3-24,27-51H2,1-2H3,(H,62,70)/b26-25-. The van der Waals surface area contributed by atoms with Crippen molar-refractivity contribution in [2.75, 3.05) is 13.2 Å². The first-order valence-electron chi connectivity index (χ1n) is 31.1. The van der Waals surface area contributed by atoms with Crippen molar-refractivity contribution >= 4 is 5.91 Å². The van der Waals surface area contributed by atoms with Crippen LogP contribution < -0.4 is 5.32 Å². The maximum absolute atomic E-state index is 13.1. The quantitative estimate of drug-likeness (QED) is 0.0215. The number of ether oxygens (including phenoxy) is 2. The summed E-state index contributed by atoms with van der Waals surface area (Å²) < 4.78 is 11.1.